The molecule has 1 heterocycles. The quantitative estimate of drug-likeness (QED) is 0.485. The van der Waals surface area contributed by atoms with Crippen LogP contribution >= 0.6 is 0 Å². The fourth-order valence-corrected chi connectivity index (χ4v) is 1.06. The number of carbonyl (C=O) groups excluding carboxylic acids is 2. The fraction of sp³-hybridized carbons (Fsp3) is 0.778. The highest BCUT2D eigenvalue weighted by Gasteiger charge is 2.05. The van der Waals surface area contributed by atoms with Crippen molar-refractivity contribution in [2.24, 2.45) is 0 Å². The molecule has 1 fully saturated rings. The van der Waals surface area contributed by atoms with Crippen molar-refractivity contribution in [3.05, 3.63) is 0 Å². The van der Waals surface area contributed by atoms with Crippen molar-refractivity contribution in [2.45, 2.75) is 25.8 Å². The molecule has 1 atom stereocenters. The van der Waals surface area contributed by atoms with Crippen molar-refractivity contribution in [1.82, 2.24) is 10.6 Å². The zero-order chi connectivity index (χ0) is 10.8. The van der Waals surface area contributed by atoms with Crippen LogP contribution in [0.25, 0.3) is 0 Å². The van der Waals surface area contributed by atoms with Crippen LogP contribution in [0.15, 0.2) is 0 Å². The minimum absolute atomic E-state index is 0.0556. The van der Waals surface area contributed by atoms with Gasteiger partial charge in [-0.05, 0) is 26.3 Å². The van der Waals surface area contributed by atoms with Gasteiger partial charge in [0.15, 0.2) is 0 Å². The third-order valence-corrected chi connectivity index (χ3v) is 1.86. The summed E-state index contributed by atoms with van der Waals surface area (Å²) in [6, 6.07) is 0.796. The average Bonchev–Trinajstić information content (AvgIpc) is 2.66. The molecule has 1 aliphatic heterocycles. The number of hydrogen-bond acceptors (Lipinski definition) is 4. The highest BCUT2D eigenvalue weighted by molar-refractivity contribution is 5.73. The van der Waals surface area contributed by atoms with Crippen molar-refractivity contribution >= 4 is 12.4 Å². The summed E-state index contributed by atoms with van der Waals surface area (Å²) in [4.78, 5) is 19.6. The Hall–Kier alpha value is -1.10. The molecule has 1 amide bonds. The molecule has 5 nitrogen and oxygen atoms in total. The second-order valence-corrected chi connectivity index (χ2v) is 3.07. The number of methoxy groups -OCH3 is 1. The maximum atomic E-state index is 10.1. The van der Waals surface area contributed by atoms with Gasteiger partial charge in [0.2, 0.25) is 6.41 Å². The molecule has 1 aliphatic rings. The third kappa shape index (κ3) is 7.54. The number of hydrogen-bond donors (Lipinski definition) is 2. The van der Waals surface area contributed by atoms with Gasteiger partial charge >= 0.3 is 5.97 Å². The Morgan fingerprint density at radius 3 is 2.71 bits per heavy atom. The van der Waals surface area contributed by atoms with Crippen LogP contribution in [0, 0.1) is 0 Å². The topological polar surface area (TPSA) is 67.4 Å². The van der Waals surface area contributed by atoms with E-state index in [9.17, 15) is 9.59 Å². The number of carbonyl (C=O) groups is 2. The lowest BCUT2D eigenvalue weighted by atomic mass is 10.3. The van der Waals surface area contributed by atoms with E-state index < -0.39 is 5.97 Å². The summed E-state index contributed by atoms with van der Waals surface area (Å²) in [5.74, 6) is -0.447. The first kappa shape index (κ1) is 12.9. The molecule has 0 saturated carbocycles. The van der Waals surface area contributed by atoms with E-state index in [1.54, 1.807) is 0 Å². The molecule has 1 saturated heterocycles. The molecule has 0 radical (unpaired) electrons. The SMILES string of the molecule is COC(=O)CNC=O.C[C@@H]1CCCN1. The monoisotopic (exact) mass is 202 g/mol. The largest absolute Gasteiger partial charge is 0.468 e. The van der Waals surface area contributed by atoms with Crippen molar-refractivity contribution in [3.8, 4) is 0 Å². The Morgan fingerprint density at radius 1 is 1.71 bits per heavy atom. The second kappa shape index (κ2) is 8.50. The van der Waals surface area contributed by atoms with Gasteiger partial charge in [-0.1, -0.05) is 0 Å². The van der Waals surface area contributed by atoms with E-state index in [1.807, 2.05) is 0 Å². The summed E-state index contributed by atoms with van der Waals surface area (Å²) in [6.45, 7) is 3.41. The Morgan fingerprint density at radius 2 is 2.43 bits per heavy atom. The number of nitrogens with one attached hydrogen (secondary N) is 2. The van der Waals surface area contributed by atoms with Crippen LogP contribution in [0.4, 0.5) is 0 Å². The third-order valence-electron chi connectivity index (χ3n) is 1.86. The zero-order valence-corrected chi connectivity index (χ0v) is 8.71. The Labute approximate surface area is 84.2 Å². The summed E-state index contributed by atoms with van der Waals surface area (Å²) in [7, 11) is 1.26. The Bertz CT molecular complexity index is 167. The minimum Gasteiger partial charge on any atom is -0.468 e. The maximum absolute atomic E-state index is 10.1. The first-order valence-corrected chi connectivity index (χ1v) is 4.68. The fourth-order valence-electron chi connectivity index (χ4n) is 1.06. The lowest BCUT2D eigenvalue weighted by Gasteiger charge is -1.95. The predicted octanol–water partition coefficient (Wildman–Crippen LogP) is -0.336. The van der Waals surface area contributed by atoms with E-state index in [1.165, 1.54) is 26.5 Å². The van der Waals surface area contributed by atoms with Gasteiger partial charge in [0.05, 0.1) is 7.11 Å². The van der Waals surface area contributed by atoms with Crippen molar-refractivity contribution in [1.29, 1.82) is 0 Å². The summed E-state index contributed by atoms with van der Waals surface area (Å²) < 4.78 is 4.19. The van der Waals surface area contributed by atoms with Gasteiger partial charge in [0.25, 0.3) is 0 Å². The van der Waals surface area contributed by atoms with Gasteiger partial charge in [-0.15, -0.1) is 0 Å². The van der Waals surface area contributed by atoms with E-state index in [4.69, 9.17) is 0 Å². The summed E-state index contributed by atoms with van der Waals surface area (Å²) in [6.07, 6.45) is 3.19. The molecule has 0 aliphatic carbocycles. The van der Waals surface area contributed by atoms with Crippen LogP contribution in [-0.4, -0.2) is 38.6 Å². The summed E-state index contributed by atoms with van der Waals surface area (Å²) >= 11 is 0. The summed E-state index contributed by atoms with van der Waals surface area (Å²) in [5.41, 5.74) is 0. The molecule has 0 bridgehead atoms. The predicted molar refractivity (Wildman–Crippen MR) is 52.8 cm³/mol. The number of rotatable bonds is 3. The molecule has 0 aromatic heterocycles. The van der Waals surface area contributed by atoms with E-state index >= 15 is 0 Å². The Balaban J connectivity index is 0.000000249. The second-order valence-electron chi connectivity index (χ2n) is 3.07. The molecule has 5 heteroatoms. The van der Waals surface area contributed by atoms with Crippen LogP contribution in [0.3, 0.4) is 0 Å². The number of esters is 1. The molecular formula is C9H18N2O3. The van der Waals surface area contributed by atoms with Crippen molar-refractivity contribution in [3.63, 3.8) is 0 Å². The standard InChI is InChI=1S/C5H11N.C4H7NO3/c1-5-3-2-4-6-5;1-8-4(7)2-5-3-6/h5-6H,2-4H2,1H3;3H,2H2,1H3,(H,5,6)/t5-;/m1./s1. The highest BCUT2D eigenvalue weighted by Crippen LogP contribution is 2.01. The van der Waals surface area contributed by atoms with Crippen LogP contribution in [0.2, 0.25) is 0 Å². The molecule has 82 valence electrons. The van der Waals surface area contributed by atoms with Gasteiger partial charge < -0.3 is 15.4 Å². The number of ether oxygens (including phenoxy) is 1. The maximum Gasteiger partial charge on any atom is 0.325 e. The van der Waals surface area contributed by atoms with Crippen LogP contribution in [-0.2, 0) is 14.3 Å². The highest BCUT2D eigenvalue weighted by atomic mass is 16.5. The smallest absolute Gasteiger partial charge is 0.325 e. The van der Waals surface area contributed by atoms with Gasteiger partial charge in [-0.3, -0.25) is 9.59 Å². The molecular weight excluding hydrogens is 184 g/mol. The van der Waals surface area contributed by atoms with Crippen LogP contribution in [0.5, 0.6) is 0 Å². The molecule has 0 aromatic carbocycles. The van der Waals surface area contributed by atoms with Crippen LogP contribution in [0.1, 0.15) is 19.8 Å². The van der Waals surface area contributed by atoms with E-state index in [2.05, 4.69) is 22.3 Å². The normalized spacial score (nSPS) is 19.1. The van der Waals surface area contributed by atoms with Crippen molar-refractivity contribution in [2.75, 3.05) is 20.2 Å². The molecule has 1 rings (SSSR count). The number of amides is 1. The molecule has 0 unspecified atom stereocenters. The van der Waals surface area contributed by atoms with Gasteiger partial charge in [0, 0.05) is 6.04 Å². The zero-order valence-electron chi connectivity index (χ0n) is 8.71. The lowest BCUT2D eigenvalue weighted by molar-refractivity contribution is -0.140. The van der Waals surface area contributed by atoms with Gasteiger partial charge in [-0.25, -0.2) is 0 Å². The van der Waals surface area contributed by atoms with Crippen molar-refractivity contribution < 1.29 is 14.3 Å². The molecule has 0 spiro atoms. The van der Waals surface area contributed by atoms with E-state index in [-0.39, 0.29) is 6.54 Å². The van der Waals surface area contributed by atoms with Crippen LogP contribution < -0.4 is 10.6 Å². The minimum atomic E-state index is -0.447. The lowest BCUT2D eigenvalue weighted by Crippen LogP contribution is -2.21. The molecule has 0 aromatic rings. The first-order chi connectivity index (χ1) is 6.70. The van der Waals surface area contributed by atoms with E-state index in [0.717, 1.165) is 6.04 Å². The summed E-state index contributed by atoms with van der Waals surface area (Å²) in [5, 5.41) is 5.46. The van der Waals surface area contributed by atoms with E-state index in [0.29, 0.717) is 6.41 Å². The first-order valence-electron chi connectivity index (χ1n) is 4.68. The molecule has 2 N–H and O–H groups in total. The van der Waals surface area contributed by atoms with Gasteiger partial charge in [0.1, 0.15) is 6.54 Å². The van der Waals surface area contributed by atoms with Gasteiger partial charge in [-0.2, -0.15) is 0 Å². The average molecular weight is 202 g/mol. The Kier molecular flexibility index (Phi) is 7.83. The molecule has 14 heavy (non-hydrogen) atoms.